The third-order valence-corrected chi connectivity index (χ3v) is 2.48. The summed E-state index contributed by atoms with van der Waals surface area (Å²) in [5.74, 6) is 0.284. The fraction of sp³-hybridized carbons (Fsp3) is 0.111. The lowest BCUT2D eigenvalue weighted by atomic mass is 10.5. The molecule has 0 spiro atoms. The lowest BCUT2D eigenvalue weighted by Crippen LogP contribution is -1.97. The number of aryl methyl sites for hydroxylation is 1. The van der Waals surface area contributed by atoms with Crippen LogP contribution in [0.1, 0.15) is 5.69 Å². The van der Waals surface area contributed by atoms with Crippen LogP contribution in [0.15, 0.2) is 34.7 Å². The zero-order valence-corrected chi connectivity index (χ0v) is 8.90. The molecule has 0 amide bonds. The van der Waals surface area contributed by atoms with Gasteiger partial charge in [0.15, 0.2) is 0 Å². The number of anilines is 1. The Hall–Kier alpha value is -1.69. The van der Waals surface area contributed by atoms with E-state index in [0.29, 0.717) is 0 Å². The highest BCUT2D eigenvalue weighted by Crippen LogP contribution is 2.23. The van der Waals surface area contributed by atoms with Crippen LogP contribution in [0, 0.1) is 6.92 Å². The van der Waals surface area contributed by atoms with Crippen molar-refractivity contribution in [2.24, 2.45) is 0 Å². The molecule has 0 aromatic carbocycles. The number of nitrogens with two attached hydrogens (primary N) is 1. The maximum Gasteiger partial charge on any atom is 0.221 e. The summed E-state index contributed by atoms with van der Waals surface area (Å²) in [4.78, 5) is 16.0. The average Bonchev–Trinajstić information content (AvgIpc) is 2.17. The smallest absolute Gasteiger partial charge is 0.221 e. The van der Waals surface area contributed by atoms with Gasteiger partial charge >= 0.3 is 0 Å². The predicted molar refractivity (Wildman–Crippen MR) is 57.3 cm³/mol. The van der Waals surface area contributed by atoms with E-state index in [1.807, 2.05) is 19.1 Å². The zero-order valence-electron chi connectivity index (χ0n) is 8.08. The van der Waals surface area contributed by atoms with E-state index in [9.17, 15) is 0 Å². The molecule has 2 rings (SSSR count). The first-order valence-electron chi connectivity index (χ1n) is 4.29. The molecule has 0 bridgehead atoms. The van der Waals surface area contributed by atoms with Gasteiger partial charge in [0.1, 0.15) is 16.4 Å². The molecule has 0 fully saturated rings. The van der Waals surface area contributed by atoms with Crippen LogP contribution in [0.25, 0.3) is 0 Å². The molecule has 5 nitrogen and oxygen atoms in total. The molecule has 15 heavy (non-hydrogen) atoms. The molecular weight excluding hydrogens is 210 g/mol. The van der Waals surface area contributed by atoms with Crippen molar-refractivity contribution < 1.29 is 0 Å². The highest BCUT2D eigenvalue weighted by molar-refractivity contribution is 7.99. The van der Waals surface area contributed by atoms with Gasteiger partial charge in [-0.2, -0.15) is 0 Å². The monoisotopic (exact) mass is 219 g/mol. The van der Waals surface area contributed by atoms with Gasteiger partial charge in [-0.05, 0) is 30.8 Å². The molecule has 2 N–H and O–H groups in total. The van der Waals surface area contributed by atoms with Crippen molar-refractivity contribution in [3.05, 3.63) is 30.4 Å². The molecule has 0 radical (unpaired) electrons. The Morgan fingerprint density at radius 2 is 2.13 bits per heavy atom. The van der Waals surface area contributed by atoms with Crippen LogP contribution in [0.2, 0.25) is 0 Å². The fourth-order valence-corrected chi connectivity index (χ4v) is 1.87. The Balaban J connectivity index is 2.25. The summed E-state index contributed by atoms with van der Waals surface area (Å²) in [7, 11) is 0. The van der Waals surface area contributed by atoms with Gasteiger partial charge in [-0.15, -0.1) is 0 Å². The number of rotatable bonds is 2. The third kappa shape index (κ3) is 2.63. The number of nitrogens with zero attached hydrogens (tertiary/aromatic N) is 4. The minimum atomic E-state index is 0.284. The van der Waals surface area contributed by atoms with Crippen LogP contribution < -0.4 is 5.73 Å². The molecule has 0 saturated heterocycles. The van der Waals surface area contributed by atoms with Crippen molar-refractivity contribution in [2.75, 3.05) is 5.73 Å². The summed E-state index contributed by atoms with van der Waals surface area (Å²) in [6, 6.07) is 3.68. The van der Waals surface area contributed by atoms with Crippen molar-refractivity contribution in [1.82, 2.24) is 19.9 Å². The first-order valence-corrected chi connectivity index (χ1v) is 5.11. The van der Waals surface area contributed by atoms with Crippen LogP contribution in [0.3, 0.4) is 0 Å². The summed E-state index contributed by atoms with van der Waals surface area (Å²) in [6.07, 6.45) is 3.19. The van der Waals surface area contributed by atoms with Gasteiger partial charge in [0.2, 0.25) is 5.95 Å². The highest BCUT2D eigenvalue weighted by atomic mass is 32.2. The van der Waals surface area contributed by atoms with E-state index < -0.39 is 0 Å². The second kappa shape index (κ2) is 4.22. The van der Waals surface area contributed by atoms with E-state index in [0.717, 1.165) is 15.7 Å². The van der Waals surface area contributed by atoms with E-state index in [1.54, 1.807) is 6.20 Å². The maximum atomic E-state index is 5.54. The molecular formula is C9H9N5S. The lowest BCUT2D eigenvalue weighted by molar-refractivity contribution is 1.01. The van der Waals surface area contributed by atoms with E-state index >= 15 is 0 Å². The number of aromatic nitrogens is 4. The second-order valence-corrected chi connectivity index (χ2v) is 3.90. The SMILES string of the molecule is Cc1cc(Sc2ccncn2)nc(N)n1. The Labute approximate surface area is 91.2 Å². The van der Waals surface area contributed by atoms with Gasteiger partial charge in [-0.3, -0.25) is 0 Å². The Morgan fingerprint density at radius 1 is 1.27 bits per heavy atom. The quantitative estimate of drug-likeness (QED) is 0.767. The van der Waals surface area contributed by atoms with Gasteiger partial charge < -0.3 is 5.73 Å². The van der Waals surface area contributed by atoms with E-state index in [2.05, 4.69) is 19.9 Å². The van der Waals surface area contributed by atoms with Gasteiger partial charge in [0.25, 0.3) is 0 Å². The maximum absolute atomic E-state index is 5.54. The van der Waals surface area contributed by atoms with E-state index in [4.69, 9.17) is 5.73 Å². The molecule has 0 aliphatic carbocycles. The summed E-state index contributed by atoms with van der Waals surface area (Å²) in [5.41, 5.74) is 6.39. The van der Waals surface area contributed by atoms with Crippen molar-refractivity contribution in [3.63, 3.8) is 0 Å². The Bertz CT molecular complexity index is 439. The first-order chi connectivity index (χ1) is 7.24. The zero-order chi connectivity index (χ0) is 10.7. The van der Waals surface area contributed by atoms with E-state index in [-0.39, 0.29) is 5.95 Å². The predicted octanol–water partition coefficient (Wildman–Crippen LogP) is 1.31. The Kier molecular flexibility index (Phi) is 2.77. The first kappa shape index (κ1) is 9.85. The van der Waals surface area contributed by atoms with Crippen LogP contribution in [-0.2, 0) is 0 Å². The molecule has 0 unspecified atom stereocenters. The summed E-state index contributed by atoms with van der Waals surface area (Å²) >= 11 is 1.43. The van der Waals surface area contributed by atoms with Crippen LogP contribution in [0.4, 0.5) is 5.95 Å². The van der Waals surface area contributed by atoms with Gasteiger partial charge in [0, 0.05) is 11.9 Å². The average molecular weight is 219 g/mol. The third-order valence-electron chi connectivity index (χ3n) is 1.61. The van der Waals surface area contributed by atoms with Gasteiger partial charge in [0.05, 0.1) is 0 Å². The summed E-state index contributed by atoms with van der Waals surface area (Å²) in [6.45, 7) is 1.88. The molecule has 2 aromatic rings. The minimum absolute atomic E-state index is 0.284. The van der Waals surface area contributed by atoms with E-state index in [1.165, 1.54) is 18.1 Å². The van der Waals surface area contributed by atoms with Crippen LogP contribution in [0.5, 0.6) is 0 Å². The number of nitrogen functional groups attached to an aromatic ring is 1. The van der Waals surface area contributed by atoms with Crippen LogP contribution in [-0.4, -0.2) is 19.9 Å². The normalized spacial score (nSPS) is 10.2. The number of hydrogen-bond acceptors (Lipinski definition) is 6. The fourth-order valence-electron chi connectivity index (χ4n) is 1.06. The highest BCUT2D eigenvalue weighted by Gasteiger charge is 2.02. The Morgan fingerprint density at radius 3 is 2.80 bits per heavy atom. The lowest BCUT2D eigenvalue weighted by Gasteiger charge is -2.01. The largest absolute Gasteiger partial charge is 0.368 e. The standard InChI is InChI=1S/C9H9N5S/c1-6-4-8(14-9(10)13-6)15-7-2-3-11-5-12-7/h2-5H,1H3,(H2,10,13,14). The molecule has 0 atom stereocenters. The van der Waals surface area contributed by atoms with Crippen molar-refractivity contribution in [3.8, 4) is 0 Å². The second-order valence-electron chi connectivity index (χ2n) is 2.86. The molecule has 6 heteroatoms. The molecule has 76 valence electrons. The van der Waals surface area contributed by atoms with Crippen molar-refractivity contribution >= 4 is 17.7 Å². The van der Waals surface area contributed by atoms with Crippen molar-refractivity contribution in [2.45, 2.75) is 17.0 Å². The van der Waals surface area contributed by atoms with Crippen molar-refractivity contribution in [1.29, 1.82) is 0 Å². The van der Waals surface area contributed by atoms with Gasteiger partial charge in [-0.1, -0.05) is 0 Å². The number of hydrogen-bond donors (Lipinski definition) is 1. The molecule has 2 aromatic heterocycles. The molecule has 2 heterocycles. The molecule has 0 saturated carbocycles. The molecule has 0 aliphatic heterocycles. The van der Waals surface area contributed by atoms with Crippen LogP contribution >= 0.6 is 11.8 Å². The van der Waals surface area contributed by atoms with Gasteiger partial charge in [-0.25, -0.2) is 19.9 Å². The minimum Gasteiger partial charge on any atom is -0.368 e. The summed E-state index contributed by atoms with van der Waals surface area (Å²) in [5, 5.41) is 1.63. The summed E-state index contributed by atoms with van der Waals surface area (Å²) < 4.78 is 0. The topological polar surface area (TPSA) is 77.6 Å². The molecule has 0 aliphatic rings.